The molecular formula is C22H21FN2O4S. The van der Waals surface area contributed by atoms with Gasteiger partial charge in [-0.05, 0) is 53.9 Å². The smallest absolute Gasteiger partial charge is 0.261 e. The molecule has 0 saturated heterocycles. The predicted octanol–water partition coefficient (Wildman–Crippen LogP) is 3.67. The van der Waals surface area contributed by atoms with Gasteiger partial charge in [-0.15, -0.1) is 11.3 Å². The Balaban J connectivity index is 1.68. The molecule has 1 aromatic heterocycles. The van der Waals surface area contributed by atoms with Crippen LogP contribution < -0.4 is 20.5 Å². The highest BCUT2D eigenvalue weighted by atomic mass is 32.1. The van der Waals surface area contributed by atoms with Crippen LogP contribution in [0.4, 0.5) is 4.39 Å². The molecule has 2 aromatic carbocycles. The number of carbonyl (C=O) groups is 2. The fourth-order valence-corrected chi connectivity index (χ4v) is 3.94. The van der Waals surface area contributed by atoms with Crippen LogP contribution in [0.2, 0.25) is 0 Å². The van der Waals surface area contributed by atoms with E-state index in [1.165, 1.54) is 30.6 Å². The van der Waals surface area contributed by atoms with E-state index in [-0.39, 0.29) is 24.9 Å². The molecule has 0 bridgehead atoms. The number of hydrogen-bond acceptors (Lipinski definition) is 5. The van der Waals surface area contributed by atoms with Crippen molar-refractivity contribution in [1.82, 2.24) is 5.32 Å². The van der Waals surface area contributed by atoms with Crippen LogP contribution in [0.3, 0.4) is 0 Å². The van der Waals surface area contributed by atoms with Gasteiger partial charge in [0.05, 0.1) is 12.0 Å². The van der Waals surface area contributed by atoms with Crippen molar-refractivity contribution in [2.45, 2.75) is 13.5 Å². The maximum absolute atomic E-state index is 13.2. The topological polar surface area (TPSA) is 90.7 Å². The third kappa shape index (κ3) is 5.15. The van der Waals surface area contributed by atoms with E-state index in [2.05, 4.69) is 5.32 Å². The van der Waals surface area contributed by atoms with Crippen LogP contribution in [-0.2, 0) is 11.3 Å². The number of nitrogens with two attached hydrogens (primary N) is 1. The van der Waals surface area contributed by atoms with Crippen LogP contribution in [0.25, 0.3) is 10.4 Å². The number of aryl methyl sites for hydroxylation is 1. The molecule has 0 fully saturated rings. The summed E-state index contributed by atoms with van der Waals surface area (Å²) in [6.45, 7) is 1.95. The lowest BCUT2D eigenvalue weighted by Crippen LogP contribution is -2.22. The molecule has 3 rings (SSSR count). The summed E-state index contributed by atoms with van der Waals surface area (Å²) in [6.07, 6.45) is 0. The molecule has 3 N–H and O–H groups in total. The highest BCUT2D eigenvalue weighted by Crippen LogP contribution is 2.32. The van der Waals surface area contributed by atoms with Crippen molar-refractivity contribution in [3.05, 3.63) is 70.4 Å². The van der Waals surface area contributed by atoms with Gasteiger partial charge in [0.25, 0.3) is 11.8 Å². The maximum Gasteiger partial charge on any atom is 0.261 e. The number of benzene rings is 2. The third-order valence-electron chi connectivity index (χ3n) is 4.30. The summed E-state index contributed by atoms with van der Waals surface area (Å²) in [5.41, 5.74) is 7.71. The van der Waals surface area contributed by atoms with E-state index in [4.69, 9.17) is 15.2 Å². The first kappa shape index (κ1) is 21.3. The predicted molar refractivity (Wildman–Crippen MR) is 113 cm³/mol. The Morgan fingerprint density at radius 3 is 2.50 bits per heavy atom. The molecule has 6 nitrogen and oxygen atoms in total. The number of amides is 2. The fraction of sp³-hybridized carbons (Fsp3) is 0.182. The Morgan fingerprint density at radius 2 is 1.83 bits per heavy atom. The van der Waals surface area contributed by atoms with Crippen LogP contribution in [0.1, 0.15) is 20.8 Å². The summed E-state index contributed by atoms with van der Waals surface area (Å²) in [5, 5.41) is 2.88. The van der Waals surface area contributed by atoms with E-state index in [1.54, 1.807) is 30.3 Å². The molecule has 0 saturated carbocycles. The largest absolute Gasteiger partial charge is 0.493 e. The number of hydrogen-bond donors (Lipinski definition) is 2. The molecule has 0 unspecified atom stereocenters. The van der Waals surface area contributed by atoms with E-state index in [0.717, 1.165) is 21.6 Å². The number of ether oxygens (including phenoxy) is 2. The van der Waals surface area contributed by atoms with Gasteiger partial charge in [0, 0.05) is 11.4 Å². The second-order valence-corrected chi connectivity index (χ2v) is 7.60. The van der Waals surface area contributed by atoms with Crippen molar-refractivity contribution < 1.29 is 23.5 Å². The number of rotatable bonds is 8. The van der Waals surface area contributed by atoms with Gasteiger partial charge in [0.1, 0.15) is 5.82 Å². The number of thiophene rings is 1. The second kappa shape index (κ2) is 9.41. The summed E-state index contributed by atoms with van der Waals surface area (Å²) in [7, 11) is 1.49. The monoisotopic (exact) mass is 428 g/mol. The minimum Gasteiger partial charge on any atom is -0.493 e. The van der Waals surface area contributed by atoms with Gasteiger partial charge in [0.2, 0.25) is 0 Å². The van der Waals surface area contributed by atoms with E-state index < -0.39 is 5.91 Å². The zero-order valence-corrected chi connectivity index (χ0v) is 17.3. The van der Waals surface area contributed by atoms with Crippen molar-refractivity contribution in [2.75, 3.05) is 13.7 Å². The molecule has 0 atom stereocenters. The van der Waals surface area contributed by atoms with Gasteiger partial charge >= 0.3 is 0 Å². The summed E-state index contributed by atoms with van der Waals surface area (Å²) in [6, 6.07) is 13.2. The van der Waals surface area contributed by atoms with Gasteiger partial charge in [-0.2, -0.15) is 0 Å². The first-order valence-corrected chi connectivity index (χ1v) is 9.91. The summed E-state index contributed by atoms with van der Waals surface area (Å²) < 4.78 is 23.7. The van der Waals surface area contributed by atoms with Crippen molar-refractivity contribution in [3.8, 4) is 21.9 Å². The minimum absolute atomic E-state index is 0.204. The molecule has 0 aliphatic carbocycles. The minimum atomic E-state index is -0.584. The molecule has 0 spiro atoms. The molecule has 156 valence electrons. The first-order chi connectivity index (χ1) is 14.4. The van der Waals surface area contributed by atoms with Gasteiger partial charge in [0.15, 0.2) is 18.1 Å². The molecule has 0 aliphatic heterocycles. The Bertz CT molecular complexity index is 1060. The molecule has 1 heterocycles. The van der Waals surface area contributed by atoms with E-state index in [0.29, 0.717) is 16.4 Å². The van der Waals surface area contributed by atoms with Crippen molar-refractivity contribution in [2.24, 2.45) is 5.73 Å². The standard InChI is InChI=1S/C22H21FN2O4S/c1-13-9-19(30-21(13)15-4-6-16(23)7-5-15)22(27)25-11-14-3-8-17(18(10-14)28-2)29-12-20(24)26/h3-10H,11-12H2,1-2H3,(H2,24,26)(H,25,27). The average Bonchev–Trinajstić information content (AvgIpc) is 3.13. The molecule has 8 heteroatoms. The first-order valence-electron chi connectivity index (χ1n) is 9.10. The fourth-order valence-electron chi connectivity index (χ4n) is 2.84. The number of methoxy groups -OCH3 is 1. The number of nitrogens with one attached hydrogen (secondary N) is 1. The number of primary amides is 1. The van der Waals surface area contributed by atoms with Crippen LogP contribution in [0.15, 0.2) is 48.5 Å². The average molecular weight is 428 g/mol. The van der Waals surface area contributed by atoms with Crippen LogP contribution in [-0.4, -0.2) is 25.5 Å². The van der Waals surface area contributed by atoms with Gasteiger partial charge in [-0.3, -0.25) is 9.59 Å². The van der Waals surface area contributed by atoms with Gasteiger partial charge in [-0.25, -0.2) is 4.39 Å². The quantitative estimate of drug-likeness (QED) is 0.573. The molecule has 2 amide bonds. The maximum atomic E-state index is 13.2. The zero-order chi connectivity index (χ0) is 21.7. The molecular weight excluding hydrogens is 407 g/mol. The van der Waals surface area contributed by atoms with Crippen LogP contribution in [0.5, 0.6) is 11.5 Å². The molecule has 30 heavy (non-hydrogen) atoms. The Labute approximate surface area is 177 Å². The highest BCUT2D eigenvalue weighted by molar-refractivity contribution is 7.17. The summed E-state index contributed by atoms with van der Waals surface area (Å²) in [4.78, 5) is 25.0. The number of carbonyl (C=O) groups excluding carboxylic acids is 2. The van der Waals surface area contributed by atoms with E-state index >= 15 is 0 Å². The Morgan fingerprint density at radius 1 is 1.10 bits per heavy atom. The highest BCUT2D eigenvalue weighted by Gasteiger charge is 2.14. The Kier molecular flexibility index (Phi) is 6.68. The molecule has 3 aromatic rings. The third-order valence-corrected chi connectivity index (χ3v) is 5.58. The SMILES string of the molecule is COc1cc(CNC(=O)c2cc(C)c(-c3ccc(F)cc3)s2)ccc1OCC(N)=O. The van der Waals surface area contributed by atoms with Crippen molar-refractivity contribution in [3.63, 3.8) is 0 Å². The summed E-state index contributed by atoms with van der Waals surface area (Å²) in [5.74, 6) is -0.255. The normalized spacial score (nSPS) is 10.5. The van der Waals surface area contributed by atoms with Crippen molar-refractivity contribution >= 4 is 23.2 Å². The second-order valence-electron chi connectivity index (χ2n) is 6.55. The Hall–Kier alpha value is -3.39. The van der Waals surface area contributed by atoms with Crippen molar-refractivity contribution in [1.29, 1.82) is 0 Å². The number of halogens is 1. The van der Waals surface area contributed by atoms with E-state index in [9.17, 15) is 14.0 Å². The lowest BCUT2D eigenvalue weighted by Gasteiger charge is -2.11. The van der Waals surface area contributed by atoms with Crippen LogP contribution >= 0.6 is 11.3 Å². The van der Waals surface area contributed by atoms with E-state index in [1.807, 2.05) is 13.0 Å². The lowest BCUT2D eigenvalue weighted by atomic mass is 10.1. The lowest BCUT2D eigenvalue weighted by molar-refractivity contribution is -0.119. The van der Waals surface area contributed by atoms with Gasteiger partial charge < -0.3 is 20.5 Å². The molecule has 0 aliphatic rings. The summed E-state index contributed by atoms with van der Waals surface area (Å²) >= 11 is 1.36. The van der Waals surface area contributed by atoms with Crippen LogP contribution in [0, 0.1) is 12.7 Å². The molecule has 0 radical (unpaired) electrons. The zero-order valence-electron chi connectivity index (χ0n) is 16.5. The van der Waals surface area contributed by atoms with Gasteiger partial charge in [-0.1, -0.05) is 18.2 Å².